The average Bonchev–Trinajstić information content (AvgIpc) is 2.60. The van der Waals surface area contributed by atoms with E-state index in [9.17, 15) is 5.11 Å². The summed E-state index contributed by atoms with van der Waals surface area (Å²) in [5.41, 5.74) is 0.744. The number of rotatable bonds is 6. The van der Waals surface area contributed by atoms with Gasteiger partial charge in [-0.15, -0.1) is 0 Å². The monoisotopic (exact) mass is 387 g/mol. The lowest BCUT2D eigenvalue weighted by Crippen LogP contribution is -2.39. The molecule has 0 heterocycles. The summed E-state index contributed by atoms with van der Waals surface area (Å²) in [5, 5.41) is 10.4. The van der Waals surface area contributed by atoms with Crippen molar-refractivity contribution >= 4 is 12.2 Å². The maximum absolute atomic E-state index is 10.4. The third-order valence-electron chi connectivity index (χ3n) is 4.63. The molecular formula is C19H35N2O4S+. The summed E-state index contributed by atoms with van der Waals surface area (Å²) in [6, 6.07) is 10.1. The van der Waals surface area contributed by atoms with Gasteiger partial charge in [-0.1, -0.05) is 34.6 Å². The molecule has 0 bridgehead atoms. The first-order chi connectivity index (χ1) is 12.2. The van der Waals surface area contributed by atoms with Crippen molar-refractivity contribution in [3.8, 4) is 0 Å². The molecule has 150 valence electrons. The van der Waals surface area contributed by atoms with E-state index in [1.54, 1.807) is 0 Å². The van der Waals surface area contributed by atoms with Crippen LogP contribution in [0.3, 0.4) is 0 Å². The number of nitrogens with zero attached hydrogens (tertiary/aromatic N) is 1. The van der Waals surface area contributed by atoms with Crippen molar-refractivity contribution < 1.29 is 19.2 Å². The highest BCUT2D eigenvalue weighted by Crippen LogP contribution is 2.32. The molecule has 2 rings (SSSR count). The Kier molecular flexibility index (Phi) is 10.1. The molecule has 0 unspecified atom stereocenters. The first-order valence-electron chi connectivity index (χ1n) is 8.96. The standard InChI is InChI=1S/C13H19NO2.C6H15NO2S/c14-16-12-6-8-13(15,9-7-12)10-11-4-2-1-3-5-11;1-6(2,3)7(4)10-9-8-5/h1-5,12,15H,6-10,14H2;1-5H3/p+1. The zero-order valence-electron chi connectivity index (χ0n) is 16.6. The van der Waals surface area contributed by atoms with Gasteiger partial charge in [0, 0.05) is 17.8 Å². The van der Waals surface area contributed by atoms with Crippen molar-refractivity contribution in [3.05, 3.63) is 35.9 Å². The van der Waals surface area contributed by atoms with Crippen LogP contribution in [0.2, 0.25) is 0 Å². The second-order valence-corrected chi connectivity index (χ2v) is 8.65. The van der Waals surface area contributed by atoms with E-state index in [1.165, 1.54) is 12.7 Å². The van der Waals surface area contributed by atoms with Crippen LogP contribution >= 0.6 is 0 Å². The molecule has 0 saturated heterocycles. The van der Waals surface area contributed by atoms with Crippen LogP contribution in [-0.4, -0.2) is 40.8 Å². The molecule has 0 aromatic heterocycles. The SMILES string of the molecule is COO[SH+]N(C)C(C)(C)C.NOC1CCC(O)(Cc2ccccc2)CC1. The summed E-state index contributed by atoms with van der Waals surface area (Å²) in [6.07, 6.45) is 4.08. The van der Waals surface area contributed by atoms with E-state index < -0.39 is 5.60 Å². The number of nitrogens with two attached hydrogens (primary N) is 1. The largest absolute Gasteiger partial charge is 0.390 e. The Morgan fingerprint density at radius 1 is 1.23 bits per heavy atom. The lowest BCUT2D eigenvalue weighted by molar-refractivity contribution is -0.166. The summed E-state index contributed by atoms with van der Waals surface area (Å²) in [4.78, 5) is 9.28. The molecule has 26 heavy (non-hydrogen) atoms. The van der Waals surface area contributed by atoms with Crippen molar-refractivity contribution in [1.82, 2.24) is 4.31 Å². The van der Waals surface area contributed by atoms with Gasteiger partial charge >= 0.3 is 0 Å². The summed E-state index contributed by atoms with van der Waals surface area (Å²) >= 11 is 0.731. The number of hydrogen-bond acceptors (Lipinski definition) is 6. The summed E-state index contributed by atoms with van der Waals surface area (Å²) in [7, 11) is 3.48. The molecule has 0 atom stereocenters. The van der Waals surface area contributed by atoms with Gasteiger partial charge in [-0.3, -0.25) is 0 Å². The van der Waals surface area contributed by atoms with Crippen LogP contribution in [0, 0.1) is 0 Å². The molecule has 1 aliphatic rings. The van der Waals surface area contributed by atoms with E-state index >= 15 is 0 Å². The molecule has 1 fully saturated rings. The van der Waals surface area contributed by atoms with E-state index in [1.807, 2.05) is 29.6 Å². The maximum Gasteiger partial charge on any atom is 0.265 e. The minimum atomic E-state index is -0.573. The van der Waals surface area contributed by atoms with Gasteiger partial charge in [-0.2, -0.15) is 4.89 Å². The Morgan fingerprint density at radius 3 is 2.27 bits per heavy atom. The van der Waals surface area contributed by atoms with E-state index in [4.69, 9.17) is 15.1 Å². The third-order valence-corrected chi connectivity index (χ3v) is 5.69. The van der Waals surface area contributed by atoms with Gasteiger partial charge in [0.05, 0.1) is 24.4 Å². The fourth-order valence-corrected chi connectivity index (χ4v) is 3.03. The van der Waals surface area contributed by atoms with Crippen LogP contribution in [0.15, 0.2) is 30.3 Å². The number of hydrogen-bond donors (Lipinski definition) is 2. The molecule has 1 aromatic carbocycles. The Labute approximate surface area is 162 Å². The van der Waals surface area contributed by atoms with Gasteiger partial charge in [-0.25, -0.2) is 5.90 Å². The Bertz CT molecular complexity index is 488. The topological polar surface area (TPSA) is 77.2 Å². The first-order valence-corrected chi connectivity index (χ1v) is 9.73. The van der Waals surface area contributed by atoms with Gasteiger partial charge in [0.15, 0.2) is 0 Å². The normalized spacial score (nSPS) is 23.5. The van der Waals surface area contributed by atoms with Crippen LogP contribution in [-0.2, 0) is 32.7 Å². The quantitative estimate of drug-likeness (QED) is 0.338. The number of thiol groups is 1. The highest BCUT2D eigenvalue weighted by molar-refractivity contribution is 7.70. The lowest BCUT2D eigenvalue weighted by atomic mass is 9.79. The van der Waals surface area contributed by atoms with Crippen molar-refractivity contribution in [1.29, 1.82) is 0 Å². The predicted octanol–water partition coefficient (Wildman–Crippen LogP) is 2.73. The van der Waals surface area contributed by atoms with Crippen LogP contribution < -0.4 is 5.90 Å². The maximum atomic E-state index is 10.4. The van der Waals surface area contributed by atoms with Crippen molar-refractivity contribution in [2.45, 2.75) is 70.1 Å². The minimum Gasteiger partial charge on any atom is -0.390 e. The molecule has 1 saturated carbocycles. The van der Waals surface area contributed by atoms with E-state index in [2.05, 4.69) is 37.8 Å². The smallest absolute Gasteiger partial charge is 0.265 e. The molecule has 0 amide bonds. The average molecular weight is 388 g/mol. The molecular weight excluding hydrogens is 352 g/mol. The van der Waals surface area contributed by atoms with E-state index in [0.717, 1.165) is 44.3 Å². The molecule has 7 heteroatoms. The second kappa shape index (κ2) is 11.2. The van der Waals surface area contributed by atoms with Gasteiger partial charge in [0.1, 0.15) is 0 Å². The number of aliphatic hydroxyl groups is 1. The van der Waals surface area contributed by atoms with Crippen LogP contribution in [0.5, 0.6) is 0 Å². The molecule has 1 aromatic rings. The fourth-order valence-electron chi connectivity index (χ4n) is 2.62. The zero-order valence-corrected chi connectivity index (χ0v) is 17.5. The Morgan fingerprint density at radius 2 is 1.81 bits per heavy atom. The lowest BCUT2D eigenvalue weighted by Gasteiger charge is -2.35. The Balaban J connectivity index is 0.000000294. The van der Waals surface area contributed by atoms with Gasteiger partial charge in [0.2, 0.25) is 0 Å². The van der Waals surface area contributed by atoms with Crippen molar-refractivity contribution in [2.24, 2.45) is 5.90 Å². The third kappa shape index (κ3) is 8.81. The van der Waals surface area contributed by atoms with Crippen molar-refractivity contribution in [2.75, 3.05) is 14.2 Å². The predicted molar refractivity (Wildman–Crippen MR) is 107 cm³/mol. The van der Waals surface area contributed by atoms with Gasteiger partial charge in [-0.05, 0) is 52.0 Å². The molecule has 1 aliphatic carbocycles. The highest BCUT2D eigenvalue weighted by atomic mass is 32.2. The number of benzene rings is 1. The molecule has 0 aliphatic heterocycles. The highest BCUT2D eigenvalue weighted by Gasteiger charge is 2.33. The first kappa shape index (κ1) is 23.4. The summed E-state index contributed by atoms with van der Waals surface area (Å²) in [6.45, 7) is 6.33. The zero-order chi connectivity index (χ0) is 19.6. The molecule has 6 nitrogen and oxygen atoms in total. The molecule has 3 N–H and O–H groups in total. The van der Waals surface area contributed by atoms with Crippen LogP contribution in [0.4, 0.5) is 0 Å². The minimum absolute atomic E-state index is 0.121. The van der Waals surface area contributed by atoms with E-state index in [-0.39, 0.29) is 11.6 Å². The van der Waals surface area contributed by atoms with Crippen LogP contribution in [0.1, 0.15) is 52.0 Å². The Hall–Kier alpha value is -0.670. The molecule has 0 radical (unpaired) electrons. The van der Waals surface area contributed by atoms with Crippen LogP contribution in [0.25, 0.3) is 0 Å². The van der Waals surface area contributed by atoms with Gasteiger partial charge < -0.3 is 9.94 Å². The summed E-state index contributed by atoms with van der Waals surface area (Å²) < 4.78 is 6.74. The van der Waals surface area contributed by atoms with E-state index in [0.29, 0.717) is 0 Å². The fraction of sp³-hybridized carbons (Fsp3) is 0.684. The van der Waals surface area contributed by atoms with Gasteiger partial charge in [0.25, 0.3) is 12.2 Å². The molecule has 0 spiro atoms. The van der Waals surface area contributed by atoms with Crippen molar-refractivity contribution in [3.63, 3.8) is 0 Å². The second-order valence-electron chi connectivity index (χ2n) is 7.74. The summed E-state index contributed by atoms with van der Waals surface area (Å²) in [5.74, 6) is 5.16.